The Balaban J connectivity index is 1.32. The van der Waals surface area contributed by atoms with Gasteiger partial charge in [0.1, 0.15) is 42.9 Å². The molecule has 7 amide bonds. The highest BCUT2D eigenvalue weighted by Crippen LogP contribution is 2.44. The van der Waals surface area contributed by atoms with Crippen molar-refractivity contribution in [2.45, 2.75) is 115 Å². The van der Waals surface area contributed by atoms with Gasteiger partial charge in [-0.3, -0.25) is 39.0 Å². The second kappa shape index (κ2) is 25.0. The molecule has 0 aromatic heterocycles. The number of carboxylic acid groups (broad SMARTS) is 2. The van der Waals surface area contributed by atoms with Crippen LogP contribution in [0.2, 0.25) is 0 Å². The van der Waals surface area contributed by atoms with Crippen LogP contribution in [-0.4, -0.2) is 137 Å². The summed E-state index contributed by atoms with van der Waals surface area (Å²) in [6.45, 7) is 7.81. The van der Waals surface area contributed by atoms with Crippen molar-refractivity contribution in [3.05, 3.63) is 59.7 Å². The van der Waals surface area contributed by atoms with Crippen LogP contribution in [0.4, 0.5) is 4.79 Å². The summed E-state index contributed by atoms with van der Waals surface area (Å²) in [5, 5.41) is 44.1. The molecule has 0 saturated carbocycles. The summed E-state index contributed by atoms with van der Waals surface area (Å²) in [6.07, 6.45) is -0.726. The highest BCUT2D eigenvalue weighted by molar-refractivity contribution is 5.97. The second-order valence-electron chi connectivity index (χ2n) is 17.6. The molecule has 4 rings (SSSR count). The molecule has 0 bridgehead atoms. The number of fused-ring (bicyclic) bond motifs is 3. The quantitative estimate of drug-likeness (QED) is 0.0388. The van der Waals surface area contributed by atoms with E-state index >= 15 is 0 Å². The lowest BCUT2D eigenvalue weighted by Gasteiger charge is -2.30. The molecule has 22 nitrogen and oxygen atoms in total. The molecule has 1 fully saturated rings. The molecule has 0 unspecified atom stereocenters. The van der Waals surface area contributed by atoms with Gasteiger partial charge in [0, 0.05) is 19.0 Å². The molecule has 1 aliphatic carbocycles. The number of ether oxygens (including phenoxy) is 1. The molecular formula is C46H64N10O12. The zero-order chi connectivity index (χ0) is 50.2. The van der Waals surface area contributed by atoms with Gasteiger partial charge in [-0.1, -0.05) is 76.2 Å². The third-order valence-electron chi connectivity index (χ3n) is 11.5. The average molecular weight is 949 g/mol. The van der Waals surface area contributed by atoms with Crippen molar-refractivity contribution < 1.29 is 58.1 Å². The molecule has 6 atom stereocenters. The first-order chi connectivity index (χ1) is 32.2. The van der Waals surface area contributed by atoms with Gasteiger partial charge in [-0.15, -0.1) is 0 Å². The van der Waals surface area contributed by atoms with E-state index in [0.29, 0.717) is 6.42 Å². The number of likely N-dealkylation sites (tertiary alicyclic amines) is 1. The van der Waals surface area contributed by atoms with E-state index in [1.165, 1.54) is 11.8 Å². The summed E-state index contributed by atoms with van der Waals surface area (Å²) in [4.78, 5) is 118. The highest BCUT2D eigenvalue weighted by atomic mass is 16.5. The second-order valence-corrected chi connectivity index (χ2v) is 17.6. The summed E-state index contributed by atoms with van der Waals surface area (Å²) in [5.41, 5.74) is 9.25. The van der Waals surface area contributed by atoms with E-state index in [1.54, 1.807) is 27.7 Å². The van der Waals surface area contributed by atoms with Gasteiger partial charge < -0.3 is 62.8 Å². The molecule has 12 N–H and O–H groups in total. The maximum Gasteiger partial charge on any atom is 0.407 e. The van der Waals surface area contributed by atoms with Crippen molar-refractivity contribution in [1.29, 1.82) is 5.41 Å². The van der Waals surface area contributed by atoms with Crippen molar-refractivity contribution in [1.82, 2.24) is 42.1 Å². The molecule has 0 radical (unpaired) electrons. The van der Waals surface area contributed by atoms with Gasteiger partial charge in [0.15, 0.2) is 5.96 Å². The van der Waals surface area contributed by atoms with Gasteiger partial charge in [0.05, 0.1) is 13.0 Å². The van der Waals surface area contributed by atoms with Gasteiger partial charge >= 0.3 is 18.0 Å². The maximum atomic E-state index is 13.8. The minimum atomic E-state index is -1.63. The van der Waals surface area contributed by atoms with Gasteiger partial charge in [-0.05, 0) is 73.1 Å². The Bertz CT molecular complexity index is 2160. The third kappa shape index (κ3) is 15.1. The summed E-state index contributed by atoms with van der Waals surface area (Å²) >= 11 is 0. The van der Waals surface area contributed by atoms with E-state index in [1.807, 2.05) is 48.5 Å². The van der Waals surface area contributed by atoms with Gasteiger partial charge in [0.2, 0.25) is 35.4 Å². The molecule has 68 heavy (non-hydrogen) atoms. The molecule has 22 heteroatoms. The van der Waals surface area contributed by atoms with E-state index in [-0.39, 0.29) is 63.2 Å². The number of nitrogens with zero attached hydrogens (tertiary/aromatic N) is 1. The average Bonchev–Trinajstić information content (AvgIpc) is 3.90. The van der Waals surface area contributed by atoms with E-state index in [2.05, 4.69) is 37.2 Å². The largest absolute Gasteiger partial charge is 0.481 e. The Labute approximate surface area is 394 Å². The number of nitrogens with two attached hydrogens (primary N) is 1. The summed E-state index contributed by atoms with van der Waals surface area (Å²) < 4.78 is 5.47. The van der Waals surface area contributed by atoms with Gasteiger partial charge in [-0.25, -0.2) is 9.59 Å². The zero-order valence-corrected chi connectivity index (χ0v) is 38.9. The smallest absolute Gasteiger partial charge is 0.407 e. The lowest BCUT2D eigenvalue weighted by Crippen LogP contribution is -2.59. The number of alkyl carbamates (subject to hydrolysis) is 1. The number of aliphatic carboxylic acids is 2. The molecular weight excluding hydrogens is 885 g/mol. The topological polar surface area (TPSA) is 341 Å². The number of hydrogen-bond donors (Lipinski definition) is 11. The lowest BCUT2D eigenvalue weighted by atomic mass is 9.98. The first kappa shape index (κ1) is 53.4. The van der Waals surface area contributed by atoms with E-state index < -0.39 is 109 Å². The first-order valence-corrected chi connectivity index (χ1v) is 22.6. The van der Waals surface area contributed by atoms with Gasteiger partial charge in [0.25, 0.3) is 0 Å². The summed E-state index contributed by atoms with van der Waals surface area (Å²) in [5.74, 6) is -8.57. The van der Waals surface area contributed by atoms with E-state index in [4.69, 9.17) is 15.9 Å². The lowest BCUT2D eigenvalue weighted by molar-refractivity contribution is -0.149. The normalized spacial score (nSPS) is 16.2. The Hall–Kier alpha value is -7.26. The van der Waals surface area contributed by atoms with Crippen LogP contribution in [0.25, 0.3) is 11.1 Å². The Morgan fingerprint density at radius 3 is 1.96 bits per heavy atom. The van der Waals surface area contributed by atoms with Crippen LogP contribution >= 0.6 is 0 Å². The predicted octanol–water partition coefficient (Wildman–Crippen LogP) is 0.485. The van der Waals surface area contributed by atoms with Crippen molar-refractivity contribution in [3.8, 4) is 11.1 Å². The van der Waals surface area contributed by atoms with Crippen LogP contribution in [0.15, 0.2) is 48.5 Å². The fraction of sp³-hybridized carbons (Fsp3) is 0.522. The van der Waals surface area contributed by atoms with Crippen molar-refractivity contribution in [2.75, 3.05) is 26.2 Å². The fourth-order valence-electron chi connectivity index (χ4n) is 8.14. The maximum absolute atomic E-state index is 13.8. The number of benzene rings is 2. The van der Waals surface area contributed by atoms with Crippen molar-refractivity contribution >= 4 is 59.4 Å². The number of hydrogen-bond acceptors (Lipinski definition) is 11. The number of carboxylic acids is 2. The zero-order valence-electron chi connectivity index (χ0n) is 38.9. The molecule has 1 saturated heterocycles. The molecule has 1 aliphatic heterocycles. The molecule has 370 valence electrons. The molecule has 2 aromatic carbocycles. The van der Waals surface area contributed by atoms with Crippen LogP contribution < -0.4 is 43.0 Å². The van der Waals surface area contributed by atoms with Crippen LogP contribution in [-0.2, 0) is 43.1 Å². The van der Waals surface area contributed by atoms with E-state index in [0.717, 1.165) is 22.3 Å². The minimum Gasteiger partial charge on any atom is -0.481 e. The standard InChI is InChI=1S/C46H64N10O12/c1-24(2)20-33(41(62)55-38(25(3)4)42(63)53-32(16-10-18-49-45(47)48)43(64)56-19-11-17-35(56)44(65)66)52-36(57)22-50-39(60)26(5)51-40(61)34(21-37(58)59)54-46(67)68-23-31-29-14-8-6-12-27(29)28-13-7-9-15-30(28)31/h6-9,12-15,24-26,31-35,38H,10-11,16-23H2,1-5H3,(H,50,60)(H,51,61)(H,52,57)(H,53,63)(H,54,67)(H,55,62)(H,58,59)(H,65,66)(H4,47,48,49)/t26-,32-,33-,34-,35-,38-/m0/s1. The Morgan fingerprint density at radius 1 is 0.765 bits per heavy atom. The molecule has 2 aliphatic rings. The van der Waals surface area contributed by atoms with Crippen molar-refractivity contribution in [2.24, 2.45) is 17.6 Å². The molecule has 1 heterocycles. The Morgan fingerprint density at radius 2 is 1.38 bits per heavy atom. The van der Waals surface area contributed by atoms with Crippen LogP contribution in [0, 0.1) is 17.2 Å². The number of nitrogens with one attached hydrogen (secondary N) is 8. The number of rotatable bonds is 24. The number of carbonyl (C=O) groups is 9. The van der Waals surface area contributed by atoms with Crippen LogP contribution in [0.1, 0.15) is 90.2 Å². The highest BCUT2D eigenvalue weighted by Gasteiger charge is 2.39. The Kier molecular flexibility index (Phi) is 19.6. The summed E-state index contributed by atoms with van der Waals surface area (Å²) in [6, 6.07) is 7.72. The summed E-state index contributed by atoms with van der Waals surface area (Å²) in [7, 11) is 0. The van der Waals surface area contributed by atoms with Crippen LogP contribution in [0.5, 0.6) is 0 Å². The molecule has 0 spiro atoms. The number of amides is 7. The third-order valence-corrected chi connectivity index (χ3v) is 11.5. The van der Waals surface area contributed by atoms with Gasteiger partial charge in [-0.2, -0.15) is 0 Å². The number of carbonyl (C=O) groups excluding carboxylic acids is 7. The van der Waals surface area contributed by atoms with E-state index in [9.17, 15) is 53.4 Å². The fourth-order valence-corrected chi connectivity index (χ4v) is 8.14. The van der Waals surface area contributed by atoms with Crippen molar-refractivity contribution in [3.63, 3.8) is 0 Å². The number of guanidine groups is 1. The SMILES string of the molecule is CC(C)C[C@H](NC(=O)CNC(=O)[C@H](C)NC(=O)[C@H](CC(=O)O)NC(=O)OCC1c2ccccc2-c2ccccc21)C(=O)N[C@H](C(=O)N[C@@H](CCCNC(=N)N)C(=O)N1CCC[C@H]1C(=O)O)C(C)C. The molecule has 2 aromatic rings. The first-order valence-electron chi connectivity index (χ1n) is 22.6. The van der Waals surface area contributed by atoms with Crippen LogP contribution in [0.3, 0.4) is 0 Å². The minimum absolute atomic E-state index is 0.0631. The predicted molar refractivity (Wildman–Crippen MR) is 246 cm³/mol. The monoisotopic (exact) mass is 948 g/mol.